The lowest BCUT2D eigenvalue weighted by Gasteiger charge is -2.47. The van der Waals surface area contributed by atoms with Gasteiger partial charge in [-0.15, -0.1) is 0 Å². The van der Waals surface area contributed by atoms with E-state index in [9.17, 15) is 0 Å². The molecule has 0 aliphatic carbocycles. The maximum absolute atomic E-state index is 2.62. The standard InChI is InChI=1S/C38H64Si2/c1-23(2)29-19-31(25(5)6)35(32(20-29)26(7)8)39(40(37(13,14)15)38(16,17)18)36-33(27(9)10)21-30(24(3)4)22-34(36)28(11)12/h19-28H,1-18H3. The van der Waals surface area contributed by atoms with Gasteiger partial charge >= 0.3 is 0 Å². The Hall–Kier alpha value is -1.13. The highest BCUT2D eigenvalue weighted by atomic mass is 29.2. The predicted molar refractivity (Wildman–Crippen MR) is 188 cm³/mol. The molecular weight excluding hydrogens is 513 g/mol. The highest BCUT2D eigenvalue weighted by Gasteiger charge is 2.48. The highest BCUT2D eigenvalue weighted by molar-refractivity contribution is 7.35. The second-order valence-electron chi connectivity index (χ2n) is 16.3. The van der Waals surface area contributed by atoms with Crippen molar-refractivity contribution in [1.82, 2.24) is 0 Å². The Kier molecular flexibility index (Phi) is 11.4. The van der Waals surface area contributed by atoms with Crippen LogP contribution in [0.5, 0.6) is 0 Å². The second-order valence-corrected chi connectivity index (χ2v) is 24.8. The summed E-state index contributed by atoms with van der Waals surface area (Å²) in [6.45, 7) is 44.4. The molecule has 0 atom stereocenters. The Morgan fingerprint density at radius 1 is 0.400 bits per heavy atom. The highest BCUT2D eigenvalue weighted by Crippen LogP contribution is 2.45. The Morgan fingerprint density at radius 3 is 0.775 bits per heavy atom. The van der Waals surface area contributed by atoms with Crippen LogP contribution in [-0.4, -0.2) is 16.6 Å². The minimum atomic E-state index is -1.13. The van der Waals surface area contributed by atoms with E-state index in [2.05, 4.69) is 149 Å². The Morgan fingerprint density at radius 2 is 0.625 bits per heavy atom. The molecule has 40 heavy (non-hydrogen) atoms. The molecule has 0 aliphatic rings. The van der Waals surface area contributed by atoms with Gasteiger partial charge < -0.3 is 0 Å². The molecule has 0 amide bonds. The molecule has 2 rings (SSSR count). The average Bonchev–Trinajstić information content (AvgIpc) is 2.78. The summed E-state index contributed by atoms with van der Waals surface area (Å²) >= 11 is 0. The SMILES string of the molecule is CC(C)c1cc(C(C)C)c([Si](c2c(C(C)C)cc(C(C)C)cc2C(C)C)[Si](C(C)(C)C)C(C)(C)C)c(C(C)C)c1. The van der Waals surface area contributed by atoms with Crippen LogP contribution in [0, 0.1) is 0 Å². The van der Waals surface area contributed by atoms with Gasteiger partial charge in [-0.1, -0.05) is 159 Å². The van der Waals surface area contributed by atoms with Gasteiger partial charge in [-0.2, -0.15) is 0 Å². The van der Waals surface area contributed by atoms with Crippen LogP contribution in [0.25, 0.3) is 0 Å². The molecule has 224 valence electrons. The average molecular weight is 577 g/mol. The molecule has 0 unspecified atom stereocenters. The summed E-state index contributed by atoms with van der Waals surface area (Å²) in [5.41, 5.74) is 9.57. The van der Waals surface area contributed by atoms with Crippen LogP contribution in [0.4, 0.5) is 0 Å². The zero-order valence-corrected chi connectivity index (χ0v) is 31.8. The topological polar surface area (TPSA) is 0 Å². The van der Waals surface area contributed by atoms with E-state index in [0.29, 0.717) is 35.5 Å². The molecule has 0 saturated heterocycles. The van der Waals surface area contributed by atoms with Gasteiger partial charge in [0.2, 0.25) is 0 Å². The number of hydrogen-bond acceptors (Lipinski definition) is 0. The molecule has 0 saturated carbocycles. The Bertz CT molecular complexity index is 986. The molecule has 0 aromatic heterocycles. The first kappa shape index (κ1) is 35.1. The van der Waals surface area contributed by atoms with Crippen molar-refractivity contribution in [2.75, 3.05) is 0 Å². The fourth-order valence-electron chi connectivity index (χ4n) is 6.74. The van der Waals surface area contributed by atoms with Crippen molar-refractivity contribution >= 4 is 27.0 Å². The molecule has 2 aromatic carbocycles. The van der Waals surface area contributed by atoms with E-state index in [4.69, 9.17) is 0 Å². The van der Waals surface area contributed by atoms with E-state index in [1.807, 2.05) is 0 Å². The van der Waals surface area contributed by atoms with E-state index >= 15 is 0 Å². The van der Waals surface area contributed by atoms with Crippen LogP contribution in [-0.2, 0) is 0 Å². The number of rotatable bonds is 9. The normalized spacial score (nSPS) is 13.6. The molecule has 2 heteroatoms. The zero-order chi connectivity index (χ0) is 31.1. The van der Waals surface area contributed by atoms with Gasteiger partial charge in [0.25, 0.3) is 0 Å². The third kappa shape index (κ3) is 7.63. The molecular formula is C38H64Si2. The van der Waals surface area contributed by atoms with Crippen molar-refractivity contribution in [3.8, 4) is 0 Å². The van der Waals surface area contributed by atoms with Gasteiger partial charge in [0.15, 0.2) is 0 Å². The summed E-state index contributed by atoms with van der Waals surface area (Å²) in [5.74, 6) is 3.11. The van der Waals surface area contributed by atoms with Crippen LogP contribution in [0.3, 0.4) is 0 Å². The van der Waals surface area contributed by atoms with Crippen molar-refractivity contribution in [2.45, 2.75) is 170 Å². The van der Waals surface area contributed by atoms with Gasteiger partial charge in [-0.05, 0) is 79.0 Å². The summed E-state index contributed by atoms with van der Waals surface area (Å²) in [6, 6.07) is 10.5. The van der Waals surface area contributed by atoms with Gasteiger partial charge in [0.1, 0.15) is 8.31 Å². The monoisotopic (exact) mass is 576 g/mol. The maximum atomic E-state index is 2.62. The van der Waals surface area contributed by atoms with E-state index in [1.165, 1.54) is 11.1 Å². The van der Waals surface area contributed by atoms with Gasteiger partial charge in [-0.3, -0.25) is 0 Å². The van der Waals surface area contributed by atoms with Crippen LogP contribution in [0.15, 0.2) is 24.3 Å². The largest absolute Gasteiger partial charge is 0.112 e. The van der Waals surface area contributed by atoms with Crippen molar-refractivity contribution < 1.29 is 0 Å². The third-order valence-electron chi connectivity index (χ3n) is 8.51. The zero-order valence-electron chi connectivity index (χ0n) is 29.8. The van der Waals surface area contributed by atoms with Gasteiger partial charge in [0.05, 0.1) is 8.31 Å². The quantitative estimate of drug-likeness (QED) is 0.260. The van der Waals surface area contributed by atoms with Crippen molar-refractivity contribution in [2.24, 2.45) is 0 Å². The van der Waals surface area contributed by atoms with Crippen molar-refractivity contribution in [3.05, 3.63) is 57.6 Å². The summed E-state index contributed by atoms with van der Waals surface area (Å²) in [4.78, 5) is 0. The minimum absolute atomic E-state index is 0.273. The molecule has 2 aromatic rings. The molecule has 0 heterocycles. The second kappa shape index (κ2) is 13.0. The smallest absolute Gasteiger partial charge is 0.0630 e. The van der Waals surface area contributed by atoms with Crippen molar-refractivity contribution in [1.29, 1.82) is 0 Å². The lowest BCUT2D eigenvalue weighted by Crippen LogP contribution is -2.65. The first-order chi connectivity index (χ1) is 18.1. The van der Waals surface area contributed by atoms with Crippen LogP contribution < -0.4 is 10.4 Å². The van der Waals surface area contributed by atoms with E-state index in [1.54, 1.807) is 32.6 Å². The summed E-state index contributed by atoms with van der Waals surface area (Å²) in [5, 5.41) is 4.10. The van der Waals surface area contributed by atoms with Crippen LogP contribution >= 0.6 is 0 Å². The fraction of sp³-hybridized carbons (Fsp3) is 0.684. The molecule has 0 aliphatic heterocycles. The molecule has 0 spiro atoms. The Labute approximate surface area is 254 Å². The summed E-state index contributed by atoms with van der Waals surface area (Å²) < 4.78 is 0. The van der Waals surface area contributed by atoms with Crippen LogP contribution in [0.1, 0.15) is 194 Å². The van der Waals surface area contributed by atoms with Crippen LogP contribution in [0.2, 0.25) is 10.1 Å². The third-order valence-corrected chi connectivity index (χ3v) is 21.7. The molecule has 2 radical (unpaired) electrons. The minimum Gasteiger partial charge on any atom is -0.0630 e. The number of hydrogen-bond donors (Lipinski definition) is 0. The first-order valence-electron chi connectivity index (χ1n) is 16.2. The van der Waals surface area contributed by atoms with Gasteiger partial charge in [0, 0.05) is 0 Å². The lowest BCUT2D eigenvalue weighted by molar-refractivity contribution is 0.658. The molecule has 0 N–H and O–H groups in total. The van der Waals surface area contributed by atoms with E-state index in [-0.39, 0.29) is 10.1 Å². The van der Waals surface area contributed by atoms with Crippen molar-refractivity contribution in [3.63, 3.8) is 0 Å². The maximum Gasteiger partial charge on any atom is 0.112 e. The predicted octanol–water partition coefficient (Wildman–Crippen LogP) is 11.2. The fourth-order valence-corrected chi connectivity index (χ4v) is 21.6. The number of benzene rings is 2. The van der Waals surface area contributed by atoms with E-state index in [0.717, 1.165) is 0 Å². The Balaban J connectivity index is 3.38. The molecule has 0 bridgehead atoms. The van der Waals surface area contributed by atoms with E-state index < -0.39 is 16.6 Å². The molecule has 0 fully saturated rings. The first-order valence-corrected chi connectivity index (χ1v) is 20.2. The molecule has 0 nitrogen and oxygen atoms in total. The van der Waals surface area contributed by atoms with Gasteiger partial charge in [-0.25, -0.2) is 0 Å². The summed E-state index contributed by atoms with van der Waals surface area (Å²) in [6.07, 6.45) is 0. The summed E-state index contributed by atoms with van der Waals surface area (Å²) in [7, 11) is -2.03. The lowest BCUT2D eigenvalue weighted by atomic mass is 9.89.